The third-order valence-corrected chi connectivity index (χ3v) is 3.39. The van der Waals surface area contributed by atoms with Crippen LogP contribution < -0.4 is 10.6 Å². The van der Waals surface area contributed by atoms with Gasteiger partial charge in [0.05, 0.1) is 22.9 Å². The van der Waals surface area contributed by atoms with Crippen LogP contribution in [0.2, 0.25) is 0 Å². The first-order valence-corrected chi connectivity index (χ1v) is 7.14. The van der Waals surface area contributed by atoms with Crippen molar-refractivity contribution in [2.24, 2.45) is 0 Å². The first-order valence-electron chi connectivity index (χ1n) is 6.35. The van der Waals surface area contributed by atoms with Crippen LogP contribution in [0.4, 0.5) is 11.5 Å². The maximum absolute atomic E-state index is 12.1. The third-order valence-electron chi connectivity index (χ3n) is 2.73. The molecule has 0 aliphatic heterocycles. The van der Waals surface area contributed by atoms with Crippen molar-refractivity contribution < 1.29 is 4.79 Å². The molecule has 0 saturated heterocycles. The molecule has 2 aromatic rings. The van der Waals surface area contributed by atoms with Crippen LogP contribution in [0, 0.1) is 11.3 Å². The number of nitrogens with zero attached hydrogens (tertiary/aromatic N) is 2. The largest absolute Gasteiger partial charge is 0.370 e. The van der Waals surface area contributed by atoms with E-state index in [2.05, 4.69) is 31.5 Å². The lowest BCUT2D eigenvalue weighted by atomic mass is 10.2. The van der Waals surface area contributed by atoms with E-state index in [-0.39, 0.29) is 5.91 Å². The average Bonchev–Trinajstić information content (AvgIpc) is 2.50. The second kappa shape index (κ2) is 6.86. The van der Waals surface area contributed by atoms with Crippen LogP contribution in [0.25, 0.3) is 0 Å². The maximum atomic E-state index is 12.1. The fourth-order valence-electron chi connectivity index (χ4n) is 1.69. The van der Waals surface area contributed by atoms with Crippen LogP contribution in [-0.4, -0.2) is 17.4 Å². The van der Waals surface area contributed by atoms with E-state index >= 15 is 0 Å². The van der Waals surface area contributed by atoms with Crippen LogP contribution in [-0.2, 0) is 0 Å². The summed E-state index contributed by atoms with van der Waals surface area (Å²) in [5.41, 5.74) is 1.60. The summed E-state index contributed by atoms with van der Waals surface area (Å²) >= 11 is 3.33. The van der Waals surface area contributed by atoms with Gasteiger partial charge in [-0.2, -0.15) is 5.26 Å². The van der Waals surface area contributed by atoms with Gasteiger partial charge < -0.3 is 10.6 Å². The molecule has 0 aliphatic rings. The first kappa shape index (κ1) is 15.0. The van der Waals surface area contributed by atoms with Crippen LogP contribution in [0.1, 0.15) is 22.8 Å². The van der Waals surface area contributed by atoms with Crippen molar-refractivity contribution in [3.05, 3.63) is 52.1 Å². The van der Waals surface area contributed by atoms with E-state index in [0.717, 1.165) is 12.4 Å². The van der Waals surface area contributed by atoms with Crippen molar-refractivity contribution in [1.29, 1.82) is 5.26 Å². The van der Waals surface area contributed by atoms with Gasteiger partial charge in [0.15, 0.2) is 0 Å². The summed E-state index contributed by atoms with van der Waals surface area (Å²) in [6.45, 7) is 2.75. The summed E-state index contributed by atoms with van der Waals surface area (Å²) in [5, 5.41) is 14.6. The van der Waals surface area contributed by atoms with Gasteiger partial charge in [0.2, 0.25) is 0 Å². The number of halogens is 1. The number of benzene rings is 1. The Morgan fingerprint density at radius 1 is 1.38 bits per heavy atom. The van der Waals surface area contributed by atoms with Gasteiger partial charge in [0, 0.05) is 17.2 Å². The van der Waals surface area contributed by atoms with Gasteiger partial charge in [0.1, 0.15) is 5.82 Å². The van der Waals surface area contributed by atoms with Crippen molar-refractivity contribution in [3.63, 3.8) is 0 Å². The highest BCUT2D eigenvalue weighted by Crippen LogP contribution is 2.24. The van der Waals surface area contributed by atoms with E-state index in [9.17, 15) is 4.79 Å². The number of hydrogen-bond donors (Lipinski definition) is 2. The molecule has 0 radical (unpaired) electrons. The quantitative estimate of drug-likeness (QED) is 0.890. The zero-order valence-electron chi connectivity index (χ0n) is 11.4. The molecular weight excluding hydrogens is 332 g/mol. The lowest BCUT2D eigenvalue weighted by molar-refractivity contribution is 0.102. The normalized spacial score (nSPS) is 9.76. The molecule has 0 saturated carbocycles. The number of carbonyl (C=O) groups excluding carboxylic acids is 1. The average molecular weight is 345 g/mol. The van der Waals surface area contributed by atoms with Crippen LogP contribution in [0.15, 0.2) is 41.0 Å². The molecule has 0 unspecified atom stereocenters. The smallest absolute Gasteiger partial charge is 0.257 e. The number of rotatable bonds is 4. The molecule has 6 heteroatoms. The maximum Gasteiger partial charge on any atom is 0.257 e. The van der Waals surface area contributed by atoms with Crippen molar-refractivity contribution in [2.45, 2.75) is 6.92 Å². The van der Waals surface area contributed by atoms with E-state index in [0.29, 0.717) is 21.3 Å². The Balaban J connectivity index is 2.12. The molecule has 1 heterocycles. The lowest BCUT2D eigenvalue weighted by Gasteiger charge is -2.08. The molecule has 5 nitrogen and oxygen atoms in total. The van der Waals surface area contributed by atoms with Gasteiger partial charge >= 0.3 is 0 Å². The number of hydrogen-bond acceptors (Lipinski definition) is 4. The van der Waals surface area contributed by atoms with E-state index < -0.39 is 0 Å². The number of nitriles is 1. The molecule has 0 atom stereocenters. The van der Waals surface area contributed by atoms with Crippen molar-refractivity contribution in [1.82, 2.24) is 4.98 Å². The summed E-state index contributed by atoms with van der Waals surface area (Å²) in [7, 11) is 0. The van der Waals surface area contributed by atoms with Gasteiger partial charge in [-0.15, -0.1) is 0 Å². The fourth-order valence-corrected chi connectivity index (χ4v) is 2.17. The molecule has 21 heavy (non-hydrogen) atoms. The number of carbonyl (C=O) groups is 1. The van der Waals surface area contributed by atoms with E-state index in [1.165, 1.54) is 6.20 Å². The summed E-state index contributed by atoms with van der Waals surface area (Å²) in [4.78, 5) is 16.3. The van der Waals surface area contributed by atoms with Gasteiger partial charge in [0.25, 0.3) is 5.91 Å². The Labute approximate surface area is 131 Å². The summed E-state index contributed by atoms with van der Waals surface area (Å²) in [6.07, 6.45) is 1.52. The molecule has 0 bridgehead atoms. The zero-order chi connectivity index (χ0) is 15.2. The predicted molar refractivity (Wildman–Crippen MR) is 85.2 cm³/mol. The second-order valence-corrected chi connectivity index (χ2v) is 5.08. The second-order valence-electron chi connectivity index (χ2n) is 4.22. The Morgan fingerprint density at radius 3 is 2.76 bits per heavy atom. The van der Waals surface area contributed by atoms with Gasteiger partial charge in [-0.1, -0.05) is 0 Å². The fraction of sp³-hybridized carbons (Fsp3) is 0.133. The number of anilines is 2. The topological polar surface area (TPSA) is 77.8 Å². The molecule has 106 valence electrons. The van der Waals surface area contributed by atoms with Crippen LogP contribution in [0.5, 0.6) is 0 Å². The van der Waals surface area contributed by atoms with Crippen molar-refractivity contribution in [2.75, 3.05) is 17.2 Å². The molecule has 1 amide bonds. The SMILES string of the molecule is CCNc1ccc(C(=O)Nc2ccc(C#N)cc2Br)cn1. The molecule has 1 aromatic carbocycles. The van der Waals surface area contributed by atoms with Gasteiger partial charge in [-0.05, 0) is 53.2 Å². The minimum atomic E-state index is -0.254. The van der Waals surface area contributed by atoms with E-state index in [1.807, 2.05) is 13.0 Å². The Bertz CT molecular complexity index is 692. The molecule has 0 spiro atoms. The van der Waals surface area contributed by atoms with Crippen LogP contribution >= 0.6 is 15.9 Å². The Kier molecular flexibility index (Phi) is 4.90. The van der Waals surface area contributed by atoms with E-state index in [4.69, 9.17) is 5.26 Å². The third kappa shape index (κ3) is 3.80. The molecule has 1 aromatic heterocycles. The summed E-state index contributed by atoms with van der Waals surface area (Å²) in [5.74, 6) is 0.476. The van der Waals surface area contributed by atoms with E-state index in [1.54, 1.807) is 30.3 Å². The lowest BCUT2D eigenvalue weighted by Crippen LogP contribution is -2.13. The summed E-state index contributed by atoms with van der Waals surface area (Å²) < 4.78 is 0.659. The molecule has 2 rings (SSSR count). The Morgan fingerprint density at radius 2 is 2.19 bits per heavy atom. The number of aromatic nitrogens is 1. The molecule has 0 aliphatic carbocycles. The zero-order valence-corrected chi connectivity index (χ0v) is 12.9. The number of amides is 1. The first-order chi connectivity index (χ1) is 10.1. The minimum absolute atomic E-state index is 0.254. The monoisotopic (exact) mass is 344 g/mol. The standard InChI is InChI=1S/C15H13BrN4O/c1-2-18-14-6-4-11(9-19-14)15(21)20-13-5-3-10(8-17)7-12(13)16/h3-7,9H,2H2,1H3,(H,18,19)(H,20,21). The summed E-state index contributed by atoms with van der Waals surface area (Å²) in [6, 6.07) is 10.5. The van der Waals surface area contributed by atoms with Gasteiger partial charge in [-0.3, -0.25) is 4.79 Å². The molecule has 0 fully saturated rings. The highest BCUT2D eigenvalue weighted by Gasteiger charge is 2.09. The number of nitrogens with one attached hydrogen (secondary N) is 2. The minimum Gasteiger partial charge on any atom is -0.370 e. The van der Waals surface area contributed by atoms with Crippen molar-refractivity contribution in [3.8, 4) is 6.07 Å². The van der Waals surface area contributed by atoms with Crippen molar-refractivity contribution >= 4 is 33.3 Å². The highest BCUT2D eigenvalue weighted by atomic mass is 79.9. The molecular formula is C15H13BrN4O. The highest BCUT2D eigenvalue weighted by molar-refractivity contribution is 9.10. The predicted octanol–water partition coefficient (Wildman–Crippen LogP) is 3.40. The Hall–Kier alpha value is -2.39. The molecule has 2 N–H and O–H groups in total. The van der Waals surface area contributed by atoms with Crippen LogP contribution in [0.3, 0.4) is 0 Å². The van der Waals surface area contributed by atoms with Gasteiger partial charge in [-0.25, -0.2) is 4.98 Å². The number of pyridine rings is 1.